The molecule has 0 aliphatic carbocycles. The molecule has 0 saturated carbocycles. The smallest absolute Gasteiger partial charge is 0.318 e. The van der Waals surface area contributed by atoms with E-state index in [-0.39, 0.29) is 6.54 Å². The number of urea groups is 1. The Morgan fingerprint density at radius 2 is 1.69 bits per heavy atom. The number of hydrogen-bond acceptors (Lipinski definition) is 5. The predicted molar refractivity (Wildman–Crippen MR) is 131 cm³/mol. The van der Waals surface area contributed by atoms with Crippen molar-refractivity contribution in [3.05, 3.63) is 83.2 Å². The molecular formula is C26H30N6O3. The molecule has 35 heavy (non-hydrogen) atoms. The number of nitrogens with one attached hydrogen (secondary N) is 2. The molecule has 1 fully saturated rings. The van der Waals surface area contributed by atoms with Crippen LogP contribution in [0.15, 0.2) is 60.7 Å². The number of aryl methyl sites for hydroxylation is 1. The van der Waals surface area contributed by atoms with E-state index in [0.29, 0.717) is 18.5 Å². The van der Waals surface area contributed by atoms with Crippen LogP contribution in [-0.4, -0.2) is 51.1 Å². The van der Waals surface area contributed by atoms with Gasteiger partial charge in [0.25, 0.3) is 11.8 Å². The number of benzene rings is 2. The maximum Gasteiger partial charge on any atom is 0.344 e. The molecule has 9 heteroatoms. The first-order valence-electron chi connectivity index (χ1n) is 11.6. The average Bonchev–Trinajstić information content (AvgIpc) is 3.28. The number of rotatable bonds is 8. The van der Waals surface area contributed by atoms with E-state index in [0.717, 1.165) is 27.6 Å². The molecule has 182 valence electrons. The highest BCUT2D eigenvalue weighted by Crippen LogP contribution is 2.31. The minimum Gasteiger partial charge on any atom is -0.318 e. The molecule has 2 N–H and O–H groups in total. The highest BCUT2D eigenvalue weighted by molar-refractivity contribution is 6.08. The Balaban J connectivity index is 1.43. The lowest BCUT2D eigenvalue weighted by molar-refractivity contribution is -0.139. The fraction of sp³-hybridized carbons (Fsp3) is 0.308. The van der Waals surface area contributed by atoms with Crippen LogP contribution in [0.5, 0.6) is 0 Å². The molecule has 4 amide bonds. The van der Waals surface area contributed by atoms with E-state index in [1.54, 1.807) is 12.1 Å². The van der Waals surface area contributed by atoms with Crippen molar-refractivity contribution in [3.8, 4) is 5.69 Å². The Bertz CT molecular complexity index is 1240. The zero-order valence-corrected chi connectivity index (χ0v) is 20.4. The lowest BCUT2D eigenvalue weighted by Crippen LogP contribution is -2.50. The number of hydrazine groups is 1. The molecule has 1 unspecified atom stereocenters. The van der Waals surface area contributed by atoms with Crippen molar-refractivity contribution in [3.63, 3.8) is 0 Å². The summed E-state index contributed by atoms with van der Waals surface area (Å²) in [6.07, 6.45) is 0.359. The van der Waals surface area contributed by atoms with Crippen molar-refractivity contribution in [2.75, 3.05) is 13.6 Å². The Morgan fingerprint density at radius 1 is 1.06 bits per heavy atom. The van der Waals surface area contributed by atoms with Crippen LogP contribution in [0.4, 0.5) is 4.79 Å². The topological polar surface area (TPSA) is 99.6 Å². The summed E-state index contributed by atoms with van der Waals surface area (Å²) in [5.74, 6) is -0.954. The summed E-state index contributed by atoms with van der Waals surface area (Å²) in [5.41, 5.74) is 5.82. The normalized spacial score (nSPS) is 17.7. The first kappa shape index (κ1) is 24.2. The SMILES string of the molecule is CCC1(c2ccccc2)NC(=O)N(NC(=O)CN(C)Cc2c(C)nn(-c3ccccc3)c2C)C1=O. The molecule has 0 radical (unpaired) electrons. The lowest BCUT2D eigenvalue weighted by Gasteiger charge is -2.25. The fourth-order valence-corrected chi connectivity index (χ4v) is 4.49. The first-order chi connectivity index (χ1) is 16.8. The van der Waals surface area contributed by atoms with Crippen molar-refractivity contribution >= 4 is 17.8 Å². The number of imide groups is 1. The van der Waals surface area contributed by atoms with Crippen molar-refractivity contribution < 1.29 is 14.4 Å². The molecular weight excluding hydrogens is 444 g/mol. The second-order valence-corrected chi connectivity index (χ2v) is 8.80. The van der Waals surface area contributed by atoms with Crippen LogP contribution in [0.1, 0.15) is 35.9 Å². The van der Waals surface area contributed by atoms with E-state index in [1.165, 1.54) is 0 Å². The number of amides is 4. The zero-order chi connectivity index (χ0) is 25.2. The highest BCUT2D eigenvalue weighted by Gasteiger charge is 2.52. The van der Waals surface area contributed by atoms with Gasteiger partial charge >= 0.3 is 6.03 Å². The molecule has 1 atom stereocenters. The number of carbonyl (C=O) groups is 3. The van der Waals surface area contributed by atoms with Gasteiger partial charge in [0, 0.05) is 17.8 Å². The second-order valence-electron chi connectivity index (χ2n) is 8.80. The minimum atomic E-state index is -1.20. The van der Waals surface area contributed by atoms with Crippen molar-refractivity contribution in [2.45, 2.75) is 39.3 Å². The number of carbonyl (C=O) groups excluding carboxylic acids is 3. The highest BCUT2D eigenvalue weighted by atomic mass is 16.2. The molecule has 4 rings (SSSR count). The summed E-state index contributed by atoms with van der Waals surface area (Å²) in [6, 6.07) is 18.3. The van der Waals surface area contributed by atoms with Gasteiger partial charge in [-0.15, -0.1) is 0 Å². The lowest BCUT2D eigenvalue weighted by atomic mass is 9.87. The number of hydrogen-bond donors (Lipinski definition) is 2. The Hall–Kier alpha value is -3.98. The van der Waals surface area contributed by atoms with E-state index in [1.807, 2.05) is 85.9 Å². The third-order valence-corrected chi connectivity index (χ3v) is 6.41. The molecule has 9 nitrogen and oxygen atoms in total. The van der Waals surface area contributed by atoms with Crippen LogP contribution in [0.25, 0.3) is 5.69 Å². The van der Waals surface area contributed by atoms with E-state index < -0.39 is 23.4 Å². The van der Waals surface area contributed by atoms with Crippen LogP contribution in [-0.2, 0) is 21.7 Å². The van der Waals surface area contributed by atoms with Gasteiger partial charge in [0.1, 0.15) is 5.54 Å². The summed E-state index contributed by atoms with van der Waals surface area (Å²) in [7, 11) is 1.81. The van der Waals surface area contributed by atoms with Crippen LogP contribution in [0.2, 0.25) is 0 Å². The van der Waals surface area contributed by atoms with Crippen molar-refractivity contribution in [2.24, 2.45) is 0 Å². The maximum atomic E-state index is 13.2. The van der Waals surface area contributed by atoms with Crippen molar-refractivity contribution in [1.29, 1.82) is 0 Å². The zero-order valence-electron chi connectivity index (χ0n) is 20.4. The van der Waals surface area contributed by atoms with Gasteiger partial charge in [0.05, 0.1) is 17.9 Å². The van der Waals surface area contributed by atoms with Gasteiger partial charge in [-0.05, 0) is 45.0 Å². The van der Waals surface area contributed by atoms with Gasteiger partial charge in [-0.1, -0.05) is 55.5 Å². The molecule has 0 spiro atoms. The van der Waals surface area contributed by atoms with Gasteiger partial charge in [-0.25, -0.2) is 9.48 Å². The van der Waals surface area contributed by atoms with Gasteiger partial charge in [-0.2, -0.15) is 10.1 Å². The third-order valence-electron chi connectivity index (χ3n) is 6.41. The molecule has 1 aliphatic rings. The summed E-state index contributed by atoms with van der Waals surface area (Å²) in [6.45, 7) is 6.25. The Morgan fingerprint density at radius 3 is 2.31 bits per heavy atom. The molecule has 0 bridgehead atoms. The fourth-order valence-electron chi connectivity index (χ4n) is 4.49. The van der Waals surface area contributed by atoms with Gasteiger partial charge in [0.2, 0.25) is 0 Å². The molecule has 1 aliphatic heterocycles. The van der Waals surface area contributed by atoms with Crippen molar-refractivity contribution in [1.82, 2.24) is 30.4 Å². The maximum absolute atomic E-state index is 13.2. The average molecular weight is 475 g/mol. The van der Waals surface area contributed by atoms with E-state index in [4.69, 9.17) is 0 Å². The standard InChI is InChI=1S/C26H30N6O3/c1-5-26(20-12-8-6-9-13-20)24(34)32(25(35)27-26)29-23(33)17-30(4)16-22-18(2)28-31(19(22)3)21-14-10-7-11-15-21/h6-15H,5,16-17H2,1-4H3,(H,27,35)(H,29,33). The monoisotopic (exact) mass is 474 g/mol. The third kappa shape index (κ3) is 4.54. The van der Waals surface area contributed by atoms with Gasteiger partial charge in [-0.3, -0.25) is 19.9 Å². The Kier molecular flexibility index (Phi) is 6.70. The van der Waals surface area contributed by atoms with Crippen LogP contribution in [0, 0.1) is 13.8 Å². The van der Waals surface area contributed by atoms with E-state index in [2.05, 4.69) is 15.8 Å². The summed E-state index contributed by atoms with van der Waals surface area (Å²) < 4.78 is 1.89. The number of likely N-dealkylation sites (N-methyl/N-ethyl adjacent to an activating group) is 1. The molecule has 2 heterocycles. The minimum absolute atomic E-state index is 0.00306. The summed E-state index contributed by atoms with van der Waals surface area (Å²) in [4.78, 5) is 40.4. The van der Waals surface area contributed by atoms with E-state index in [9.17, 15) is 14.4 Å². The summed E-state index contributed by atoms with van der Waals surface area (Å²) >= 11 is 0. The predicted octanol–water partition coefficient (Wildman–Crippen LogP) is 2.81. The number of nitrogens with zero attached hydrogens (tertiary/aromatic N) is 4. The summed E-state index contributed by atoms with van der Waals surface area (Å²) in [5, 5.41) is 8.20. The molecule has 1 saturated heterocycles. The van der Waals surface area contributed by atoms with Gasteiger partial charge < -0.3 is 5.32 Å². The van der Waals surface area contributed by atoms with Crippen LogP contribution in [0.3, 0.4) is 0 Å². The number of para-hydroxylation sites is 1. The number of aromatic nitrogens is 2. The molecule has 2 aromatic carbocycles. The molecule has 3 aromatic rings. The Labute approximate surface area is 204 Å². The largest absolute Gasteiger partial charge is 0.344 e. The second kappa shape index (κ2) is 9.71. The van der Waals surface area contributed by atoms with Gasteiger partial charge in [0.15, 0.2) is 0 Å². The first-order valence-corrected chi connectivity index (χ1v) is 11.6. The molecule has 1 aromatic heterocycles. The quantitative estimate of drug-likeness (QED) is 0.489. The van der Waals surface area contributed by atoms with Crippen LogP contribution >= 0.6 is 0 Å². The van der Waals surface area contributed by atoms with E-state index >= 15 is 0 Å². The van der Waals surface area contributed by atoms with Crippen LogP contribution < -0.4 is 10.7 Å².